The van der Waals surface area contributed by atoms with E-state index in [1.807, 2.05) is 72.8 Å². The number of fused-ring (bicyclic) bond motifs is 7. The lowest BCUT2D eigenvalue weighted by Gasteiger charge is -2.44. The van der Waals surface area contributed by atoms with E-state index in [1.54, 1.807) is 0 Å². The summed E-state index contributed by atoms with van der Waals surface area (Å²) in [4.78, 5) is 20.7. The van der Waals surface area contributed by atoms with E-state index in [-0.39, 0.29) is 12.1 Å². The summed E-state index contributed by atoms with van der Waals surface area (Å²) in [5, 5.41) is 12.9. The molecule has 14 aromatic carbocycles. The maximum absolute atomic E-state index is 10.7. The molecule has 0 fully saturated rings. The molecular weight excluding hydrogens is 1210 g/mol. The number of anilines is 6. The van der Waals surface area contributed by atoms with Gasteiger partial charge in [0.2, 0.25) is 0 Å². The maximum atomic E-state index is 10.7. The van der Waals surface area contributed by atoms with Gasteiger partial charge in [0.1, 0.15) is 0 Å². The van der Waals surface area contributed by atoms with E-state index >= 15 is 0 Å². The minimum atomic E-state index is -0.175. The average Bonchev–Trinajstić information content (AvgIpc) is 0.772. The summed E-state index contributed by atoms with van der Waals surface area (Å²) in [7, 11) is 0. The molecule has 0 saturated heterocycles. The smallest absolute Gasteiger partial charge is 0.252 e. The number of nitriles is 1. The highest BCUT2D eigenvalue weighted by molar-refractivity contribution is 7.00. The molecule has 0 spiro atoms. The Morgan fingerprint density at radius 2 is 0.680 bits per heavy atom. The average molecular weight is 1280 g/mol. The van der Waals surface area contributed by atoms with Gasteiger partial charge in [-0.15, -0.1) is 0 Å². The Balaban J connectivity index is 0.900. The Morgan fingerprint density at radius 1 is 0.310 bits per heavy atom. The first-order valence-electron chi connectivity index (χ1n) is 34.1. The summed E-state index contributed by atoms with van der Waals surface area (Å²) in [6.07, 6.45) is 0. The number of aromatic nitrogens is 4. The van der Waals surface area contributed by atoms with Gasteiger partial charge in [0, 0.05) is 61.6 Å². The SMILES string of the molecule is CC(C)(C)c1ccc2c(c1)c1cc(-c3cc4c5c(c3)N(c3ccc(-c6ccccc6)cc3)c3ccc(-c6ccccc6)cc3B5c3cc(-c5ccccc5)ccc3N4c3ccc(-c4ccccc4)cc3)ccc1n2-c1ccc(C#N)cc1-c1nc(-c2ccccc2)nc(-c2ccccc2)n1. The van der Waals surface area contributed by atoms with Crippen LogP contribution in [0.1, 0.15) is 31.9 Å². The fourth-order valence-electron chi connectivity index (χ4n) is 15.1. The Labute approximate surface area is 582 Å². The van der Waals surface area contributed by atoms with Gasteiger partial charge in [0.15, 0.2) is 17.5 Å². The number of benzene rings is 14. The molecule has 2 aromatic heterocycles. The van der Waals surface area contributed by atoms with Crippen LogP contribution in [0, 0.1) is 11.3 Å². The van der Waals surface area contributed by atoms with Crippen molar-refractivity contribution in [1.29, 1.82) is 5.26 Å². The second kappa shape index (κ2) is 24.3. The fraction of sp³-hybridized carbons (Fsp3) is 0.0435. The van der Waals surface area contributed by atoms with Gasteiger partial charge in [-0.25, -0.2) is 15.0 Å². The second-order valence-corrected chi connectivity index (χ2v) is 27.1. The maximum Gasteiger partial charge on any atom is 0.252 e. The highest BCUT2D eigenvalue weighted by atomic mass is 15.2. The summed E-state index contributed by atoms with van der Waals surface area (Å²) < 4.78 is 2.34. The number of nitrogens with zero attached hydrogens (tertiary/aromatic N) is 7. The third kappa shape index (κ3) is 10.4. The Morgan fingerprint density at radius 3 is 1.13 bits per heavy atom. The molecular formula is C92H64BN7. The zero-order valence-corrected chi connectivity index (χ0v) is 55.5. The third-order valence-electron chi connectivity index (χ3n) is 20.0. The minimum absolute atomic E-state index is 0.161. The van der Waals surface area contributed by atoms with E-state index in [0.29, 0.717) is 28.6 Å². The van der Waals surface area contributed by atoms with Crippen molar-refractivity contribution in [3.63, 3.8) is 0 Å². The summed E-state index contributed by atoms with van der Waals surface area (Å²) in [6.45, 7) is 6.66. The Kier molecular flexibility index (Phi) is 14.5. The van der Waals surface area contributed by atoms with Crippen molar-refractivity contribution in [1.82, 2.24) is 19.5 Å². The highest BCUT2D eigenvalue weighted by Crippen LogP contribution is 2.49. The summed E-state index contributed by atoms with van der Waals surface area (Å²) in [5.41, 5.74) is 28.6. The van der Waals surface area contributed by atoms with Gasteiger partial charge in [-0.2, -0.15) is 5.26 Å². The van der Waals surface area contributed by atoms with Crippen molar-refractivity contribution in [2.45, 2.75) is 26.2 Å². The van der Waals surface area contributed by atoms with Crippen LogP contribution in [0.3, 0.4) is 0 Å². The van der Waals surface area contributed by atoms with Crippen LogP contribution in [0.25, 0.3) is 117 Å². The van der Waals surface area contributed by atoms with Crippen LogP contribution in [0.5, 0.6) is 0 Å². The van der Waals surface area contributed by atoms with E-state index in [1.165, 1.54) is 44.2 Å². The molecule has 4 heterocycles. The zero-order valence-electron chi connectivity index (χ0n) is 55.5. The predicted molar refractivity (Wildman–Crippen MR) is 415 cm³/mol. The molecule has 0 aliphatic carbocycles. The largest absolute Gasteiger partial charge is 0.311 e. The van der Waals surface area contributed by atoms with Gasteiger partial charge in [-0.1, -0.05) is 263 Å². The molecule has 0 atom stereocenters. The Hall–Kier alpha value is -13.0. The molecule has 0 unspecified atom stereocenters. The molecule has 0 radical (unpaired) electrons. The number of hydrogen-bond donors (Lipinski definition) is 0. The number of rotatable bonds is 11. The summed E-state index contributed by atoms with van der Waals surface area (Å²) in [6, 6.07) is 123. The standard InChI is InChI=1S/C92H64BN7/c1-92(2,3)73-42-51-82-77(58-73)76-53-69(39-48-81(76)100(82)83-47-34-60(59-94)52-78(83)91-96-89(67-30-18-8-19-31-67)95-90(97-91)68-32-20-9-21-33-68)72-56-86-88-87(57-72)99(75-45-37-66(38-46-75)62-24-12-5-13-25-62)85-50-41-71(64-28-16-7-17-29-64)55-80(85)93(88)79-54-70(63-26-14-6-15-27-63)40-49-84(79)98(86)74-43-35-65(36-44-74)61-22-10-4-11-23-61/h4-58H,1-3H3. The van der Waals surface area contributed by atoms with Crippen molar-refractivity contribution in [3.05, 3.63) is 345 Å². The molecule has 0 N–H and O–H groups in total. The lowest BCUT2D eigenvalue weighted by Crippen LogP contribution is -2.61. The van der Waals surface area contributed by atoms with Crippen molar-refractivity contribution in [3.8, 4) is 102 Å². The normalized spacial score (nSPS) is 12.3. The monoisotopic (exact) mass is 1280 g/mol. The molecule has 18 rings (SSSR count). The lowest BCUT2D eigenvalue weighted by atomic mass is 9.33. The van der Waals surface area contributed by atoms with Crippen molar-refractivity contribution >= 4 is 79.0 Å². The zero-order chi connectivity index (χ0) is 67.0. The quantitative estimate of drug-likeness (QED) is 0.120. The van der Waals surface area contributed by atoms with Crippen LogP contribution >= 0.6 is 0 Å². The second-order valence-electron chi connectivity index (χ2n) is 27.1. The first kappa shape index (κ1) is 59.5. The highest BCUT2D eigenvalue weighted by Gasteiger charge is 2.44. The van der Waals surface area contributed by atoms with Gasteiger partial charge in [0.05, 0.1) is 28.4 Å². The topological polar surface area (TPSA) is 73.9 Å². The summed E-state index contributed by atoms with van der Waals surface area (Å²) >= 11 is 0. The van der Waals surface area contributed by atoms with Gasteiger partial charge in [-0.3, -0.25) is 0 Å². The molecule has 7 nitrogen and oxygen atoms in total. The summed E-state index contributed by atoms with van der Waals surface area (Å²) in [5.74, 6) is 1.55. The van der Waals surface area contributed by atoms with E-state index in [2.05, 4.69) is 302 Å². The molecule has 0 saturated carbocycles. The predicted octanol–water partition coefficient (Wildman–Crippen LogP) is 21.6. The number of hydrogen-bond acceptors (Lipinski definition) is 6. The van der Waals surface area contributed by atoms with Gasteiger partial charge >= 0.3 is 0 Å². The fourth-order valence-corrected chi connectivity index (χ4v) is 15.1. The van der Waals surface area contributed by atoms with Crippen LogP contribution in [0.15, 0.2) is 334 Å². The van der Waals surface area contributed by atoms with Gasteiger partial charge < -0.3 is 14.4 Å². The molecule has 0 amide bonds. The Bertz CT molecular complexity index is 5610. The van der Waals surface area contributed by atoms with Gasteiger partial charge in [0.25, 0.3) is 6.71 Å². The van der Waals surface area contributed by atoms with Crippen LogP contribution in [-0.2, 0) is 5.41 Å². The molecule has 16 aromatic rings. The molecule has 2 aliphatic heterocycles. The molecule has 2 aliphatic rings. The van der Waals surface area contributed by atoms with E-state index < -0.39 is 0 Å². The van der Waals surface area contributed by atoms with Crippen LogP contribution in [0.2, 0.25) is 0 Å². The molecule has 0 bridgehead atoms. The van der Waals surface area contributed by atoms with Gasteiger partial charge in [-0.05, 0) is 174 Å². The first-order chi connectivity index (χ1) is 49.1. The molecule has 100 heavy (non-hydrogen) atoms. The molecule has 470 valence electrons. The van der Waals surface area contributed by atoms with Crippen LogP contribution in [-0.4, -0.2) is 26.2 Å². The minimum Gasteiger partial charge on any atom is -0.311 e. The van der Waals surface area contributed by atoms with E-state index in [0.717, 1.165) is 106 Å². The van der Waals surface area contributed by atoms with Crippen molar-refractivity contribution < 1.29 is 0 Å². The first-order valence-corrected chi connectivity index (χ1v) is 34.1. The van der Waals surface area contributed by atoms with E-state index in [9.17, 15) is 5.26 Å². The van der Waals surface area contributed by atoms with Crippen molar-refractivity contribution in [2.75, 3.05) is 9.80 Å². The van der Waals surface area contributed by atoms with Crippen LogP contribution in [0.4, 0.5) is 34.1 Å². The van der Waals surface area contributed by atoms with Crippen molar-refractivity contribution in [2.24, 2.45) is 0 Å². The molecule has 8 heteroatoms. The van der Waals surface area contributed by atoms with E-state index in [4.69, 9.17) is 15.0 Å². The third-order valence-corrected chi connectivity index (χ3v) is 20.0. The lowest BCUT2D eigenvalue weighted by molar-refractivity contribution is 0.591. The van der Waals surface area contributed by atoms with Crippen LogP contribution < -0.4 is 26.2 Å².